The Labute approximate surface area is 154 Å². The molecule has 0 aliphatic rings. The summed E-state index contributed by atoms with van der Waals surface area (Å²) in [5.41, 5.74) is 0.866. The number of rotatable bonds is 12. The van der Waals surface area contributed by atoms with Gasteiger partial charge in [-0.2, -0.15) is 0 Å². The molecule has 0 saturated heterocycles. The van der Waals surface area contributed by atoms with Crippen LogP contribution in [0.25, 0.3) is 0 Å². The van der Waals surface area contributed by atoms with Crippen LogP contribution < -0.4 is 4.74 Å². The van der Waals surface area contributed by atoms with E-state index in [4.69, 9.17) is 19.3 Å². The maximum absolute atomic E-state index is 12.7. The fraction of sp³-hybridized carbons (Fsp3) is 0.579. The molecule has 1 amide bonds. The summed E-state index contributed by atoms with van der Waals surface area (Å²) in [4.78, 5) is 25.9. The molecular weight excluding hydrogens is 338 g/mol. The topological polar surface area (TPSA) is 85.3 Å². The van der Waals surface area contributed by atoms with Crippen LogP contribution in [-0.2, 0) is 25.5 Å². The molecule has 1 N–H and O–H groups in total. The van der Waals surface area contributed by atoms with Gasteiger partial charge in [-0.05, 0) is 24.6 Å². The Morgan fingerprint density at radius 3 is 2.46 bits per heavy atom. The molecule has 1 atom stereocenters. The van der Waals surface area contributed by atoms with Gasteiger partial charge in [-0.15, -0.1) is 0 Å². The molecular formula is C19H29NO6. The SMILES string of the molecule is CCOc1ccc(CC(=O)N(CCOCCO)CC(C)C(=O)OC)cc1. The van der Waals surface area contributed by atoms with Gasteiger partial charge in [0.05, 0.1) is 45.9 Å². The Bertz CT molecular complexity index is 545. The lowest BCUT2D eigenvalue weighted by molar-refractivity contribution is -0.146. The van der Waals surface area contributed by atoms with E-state index in [2.05, 4.69) is 0 Å². The largest absolute Gasteiger partial charge is 0.494 e. The second-order valence-corrected chi connectivity index (χ2v) is 5.85. The quantitative estimate of drug-likeness (QED) is 0.442. The first kappa shape index (κ1) is 21.9. The average molecular weight is 367 g/mol. The Kier molecular flexibility index (Phi) is 10.3. The molecule has 0 heterocycles. The van der Waals surface area contributed by atoms with Crippen LogP contribution in [0.2, 0.25) is 0 Å². The van der Waals surface area contributed by atoms with Crippen molar-refractivity contribution in [3.05, 3.63) is 29.8 Å². The van der Waals surface area contributed by atoms with Crippen LogP contribution in [0.4, 0.5) is 0 Å². The number of carbonyl (C=O) groups excluding carboxylic acids is 2. The smallest absolute Gasteiger partial charge is 0.310 e. The van der Waals surface area contributed by atoms with Gasteiger partial charge in [0.15, 0.2) is 0 Å². The summed E-state index contributed by atoms with van der Waals surface area (Å²) in [5, 5.41) is 8.77. The van der Waals surface area contributed by atoms with Crippen molar-refractivity contribution in [2.24, 2.45) is 5.92 Å². The first-order chi connectivity index (χ1) is 12.5. The zero-order chi connectivity index (χ0) is 19.4. The molecule has 26 heavy (non-hydrogen) atoms. The Balaban J connectivity index is 2.69. The summed E-state index contributed by atoms with van der Waals surface area (Å²) in [6.45, 7) is 5.26. The highest BCUT2D eigenvalue weighted by Gasteiger charge is 2.21. The molecule has 146 valence electrons. The monoisotopic (exact) mass is 367 g/mol. The number of esters is 1. The van der Waals surface area contributed by atoms with E-state index >= 15 is 0 Å². The van der Waals surface area contributed by atoms with Gasteiger partial charge in [0.1, 0.15) is 5.75 Å². The van der Waals surface area contributed by atoms with Gasteiger partial charge in [-0.25, -0.2) is 0 Å². The summed E-state index contributed by atoms with van der Waals surface area (Å²) < 4.78 is 15.4. The molecule has 0 aromatic heterocycles. The normalized spacial score (nSPS) is 11.7. The number of benzene rings is 1. The minimum absolute atomic E-state index is 0.0707. The average Bonchev–Trinajstić information content (AvgIpc) is 2.65. The highest BCUT2D eigenvalue weighted by Crippen LogP contribution is 2.14. The summed E-state index contributed by atoms with van der Waals surface area (Å²) >= 11 is 0. The molecule has 0 radical (unpaired) electrons. The number of methoxy groups -OCH3 is 1. The number of carbonyl (C=O) groups is 2. The van der Waals surface area contributed by atoms with E-state index in [1.807, 2.05) is 31.2 Å². The molecule has 0 aliphatic heterocycles. The van der Waals surface area contributed by atoms with E-state index in [-0.39, 0.29) is 38.1 Å². The summed E-state index contributed by atoms with van der Waals surface area (Å²) in [6.07, 6.45) is 0.223. The predicted octanol–water partition coefficient (Wildman–Crippen LogP) is 1.27. The van der Waals surface area contributed by atoms with Crippen LogP contribution in [-0.4, -0.2) is 68.5 Å². The zero-order valence-electron chi connectivity index (χ0n) is 15.8. The lowest BCUT2D eigenvalue weighted by Crippen LogP contribution is -2.40. The fourth-order valence-electron chi connectivity index (χ4n) is 2.42. The lowest BCUT2D eigenvalue weighted by Gasteiger charge is -2.25. The number of amides is 1. The van der Waals surface area contributed by atoms with Crippen molar-refractivity contribution in [3.63, 3.8) is 0 Å². The number of aliphatic hydroxyl groups excluding tert-OH is 1. The van der Waals surface area contributed by atoms with Crippen LogP contribution in [0, 0.1) is 5.92 Å². The van der Waals surface area contributed by atoms with Gasteiger partial charge in [-0.1, -0.05) is 19.1 Å². The van der Waals surface area contributed by atoms with E-state index in [9.17, 15) is 9.59 Å². The van der Waals surface area contributed by atoms with E-state index in [1.165, 1.54) is 7.11 Å². The number of aliphatic hydroxyl groups is 1. The van der Waals surface area contributed by atoms with Crippen molar-refractivity contribution in [1.82, 2.24) is 4.90 Å². The van der Waals surface area contributed by atoms with Crippen molar-refractivity contribution in [2.75, 3.05) is 46.6 Å². The molecule has 0 spiro atoms. The van der Waals surface area contributed by atoms with Gasteiger partial charge in [0.25, 0.3) is 0 Å². The van der Waals surface area contributed by atoms with E-state index in [0.717, 1.165) is 11.3 Å². The maximum Gasteiger partial charge on any atom is 0.310 e. The standard InChI is InChI=1S/C19H29NO6/c1-4-26-17-7-5-16(6-8-17)13-18(22)20(9-11-25-12-10-21)14-15(2)19(23)24-3/h5-8,15,21H,4,9-14H2,1-3H3. The molecule has 0 saturated carbocycles. The van der Waals surface area contributed by atoms with Crippen LogP contribution >= 0.6 is 0 Å². The summed E-state index contributed by atoms with van der Waals surface area (Å²) in [5.74, 6) is -0.128. The second kappa shape index (κ2) is 12.3. The van der Waals surface area contributed by atoms with Gasteiger partial charge >= 0.3 is 5.97 Å². The van der Waals surface area contributed by atoms with Crippen LogP contribution in [0.1, 0.15) is 19.4 Å². The first-order valence-corrected chi connectivity index (χ1v) is 8.77. The van der Waals surface area contributed by atoms with Crippen molar-refractivity contribution < 1.29 is 28.9 Å². The first-order valence-electron chi connectivity index (χ1n) is 8.77. The van der Waals surface area contributed by atoms with Gasteiger partial charge in [0, 0.05) is 13.1 Å². The van der Waals surface area contributed by atoms with Crippen LogP contribution in [0.3, 0.4) is 0 Å². The van der Waals surface area contributed by atoms with Crippen LogP contribution in [0.15, 0.2) is 24.3 Å². The molecule has 0 fully saturated rings. The molecule has 1 aromatic rings. The Hall–Kier alpha value is -2.12. The summed E-state index contributed by atoms with van der Waals surface area (Å²) in [7, 11) is 1.33. The fourth-order valence-corrected chi connectivity index (χ4v) is 2.42. The number of nitrogens with zero attached hydrogens (tertiary/aromatic N) is 1. The molecule has 7 heteroatoms. The molecule has 0 aliphatic carbocycles. The van der Waals surface area contributed by atoms with E-state index in [1.54, 1.807) is 11.8 Å². The minimum Gasteiger partial charge on any atom is -0.494 e. The maximum atomic E-state index is 12.7. The molecule has 1 aromatic carbocycles. The van der Waals surface area contributed by atoms with E-state index < -0.39 is 5.92 Å². The van der Waals surface area contributed by atoms with Crippen molar-refractivity contribution in [3.8, 4) is 5.75 Å². The molecule has 7 nitrogen and oxygen atoms in total. The van der Waals surface area contributed by atoms with Crippen molar-refractivity contribution >= 4 is 11.9 Å². The van der Waals surface area contributed by atoms with Crippen molar-refractivity contribution in [1.29, 1.82) is 0 Å². The highest BCUT2D eigenvalue weighted by atomic mass is 16.5. The minimum atomic E-state index is -0.429. The number of ether oxygens (including phenoxy) is 3. The number of hydrogen-bond acceptors (Lipinski definition) is 6. The summed E-state index contributed by atoms with van der Waals surface area (Å²) in [6, 6.07) is 7.37. The third kappa shape index (κ3) is 7.84. The van der Waals surface area contributed by atoms with Crippen LogP contribution in [0.5, 0.6) is 5.75 Å². The van der Waals surface area contributed by atoms with Gasteiger partial charge in [-0.3, -0.25) is 9.59 Å². The molecule has 0 bridgehead atoms. The number of hydrogen-bond donors (Lipinski definition) is 1. The molecule has 1 unspecified atom stereocenters. The molecule has 1 rings (SSSR count). The Morgan fingerprint density at radius 1 is 1.19 bits per heavy atom. The zero-order valence-corrected chi connectivity index (χ0v) is 15.8. The highest BCUT2D eigenvalue weighted by molar-refractivity contribution is 5.80. The van der Waals surface area contributed by atoms with E-state index in [0.29, 0.717) is 19.8 Å². The lowest BCUT2D eigenvalue weighted by atomic mass is 10.1. The second-order valence-electron chi connectivity index (χ2n) is 5.85. The van der Waals surface area contributed by atoms with Gasteiger partial charge in [0.2, 0.25) is 5.91 Å². The Morgan fingerprint density at radius 2 is 1.88 bits per heavy atom. The predicted molar refractivity (Wildman–Crippen MR) is 97.0 cm³/mol. The third-order valence-electron chi connectivity index (χ3n) is 3.78. The third-order valence-corrected chi connectivity index (χ3v) is 3.78. The van der Waals surface area contributed by atoms with Crippen molar-refractivity contribution in [2.45, 2.75) is 20.3 Å². The van der Waals surface area contributed by atoms with Gasteiger partial charge < -0.3 is 24.2 Å².